The molecule has 0 aliphatic rings. The van der Waals surface area contributed by atoms with Crippen LogP contribution in [-0.2, 0) is 22.6 Å². The summed E-state index contributed by atoms with van der Waals surface area (Å²) in [4.78, 5) is 27.6. The molecule has 1 unspecified atom stereocenters. The Hall–Kier alpha value is -2.24. The third kappa shape index (κ3) is 6.64. The molecule has 2 rings (SSSR count). The third-order valence-corrected chi connectivity index (χ3v) is 5.28. The zero-order chi connectivity index (χ0) is 22.5. The van der Waals surface area contributed by atoms with Crippen LogP contribution in [0.5, 0.6) is 5.75 Å². The second-order valence-corrected chi connectivity index (χ2v) is 8.98. The maximum atomic E-state index is 13.3. The molecule has 0 saturated carbocycles. The van der Waals surface area contributed by atoms with Crippen LogP contribution < -0.4 is 10.1 Å². The molecule has 0 saturated heterocycles. The quantitative estimate of drug-likeness (QED) is 0.653. The molecule has 5 nitrogen and oxygen atoms in total. The molecule has 0 aromatic heterocycles. The van der Waals surface area contributed by atoms with E-state index in [1.54, 1.807) is 37.1 Å². The highest BCUT2D eigenvalue weighted by Gasteiger charge is 2.29. The lowest BCUT2D eigenvalue weighted by molar-refractivity contribution is -0.140. The van der Waals surface area contributed by atoms with Gasteiger partial charge in [0, 0.05) is 22.1 Å². The molecule has 0 heterocycles. The minimum absolute atomic E-state index is 0.00178. The second-order valence-electron chi connectivity index (χ2n) is 8.16. The molecule has 2 aromatic carbocycles. The summed E-state index contributed by atoms with van der Waals surface area (Å²) < 4.78 is 5.19. The predicted molar refractivity (Wildman–Crippen MR) is 121 cm³/mol. The number of nitrogens with one attached hydrogen (secondary N) is 1. The minimum Gasteiger partial charge on any atom is -0.497 e. The van der Waals surface area contributed by atoms with Gasteiger partial charge in [-0.25, -0.2) is 0 Å². The zero-order valence-corrected chi connectivity index (χ0v) is 19.5. The van der Waals surface area contributed by atoms with Gasteiger partial charge in [0.1, 0.15) is 11.8 Å². The number of carbonyl (C=O) groups is 2. The number of carbonyl (C=O) groups excluding carboxylic acids is 2. The molecule has 2 aromatic rings. The van der Waals surface area contributed by atoms with Crippen LogP contribution in [-0.4, -0.2) is 35.4 Å². The van der Waals surface area contributed by atoms with E-state index in [4.69, 9.17) is 27.9 Å². The fourth-order valence-corrected chi connectivity index (χ4v) is 3.47. The first-order chi connectivity index (χ1) is 14.0. The van der Waals surface area contributed by atoms with Gasteiger partial charge in [-0.15, -0.1) is 0 Å². The third-order valence-electron chi connectivity index (χ3n) is 4.57. The fourth-order valence-electron chi connectivity index (χ4n) is 2.94. The van der Waals surface area contributed by atoms with Gasteiger partial charge in [0.15, 0.2) is 0 Å². The summed E-state index contributed by atoms with van der Waals surface area (Å²) in [5, 5.41) is 3.79. The molecule has 1 N–H and O–H groups in total. The fraction of sp³-hybridized carbons (Fsp3) is 0.391. The lowest BCUT2D eigenvalue weighted by Crippen LogP contribution is -2.52. The van der Waals surface area contributed by atoms with Gasteiger partial charge in [0.25, 0.3) is 0 Å². The van der Waals surface area contributed by atoms with Gasteiger partial charge in [0.05, 0.1) is 13.5 Å². The predicted octanol–water partition coefficient (Wildman–Crippen LogP) is 4.88. The summed E-state index contributed by atoms with van der Waals surface area (Å²) in [6, 6.07) is 11.8. The molecule has 2 amide bonds. The highest BCUT2D eigenvalue weighted by molar-refractivity contribution is 6.36. The zero-order valence-electron chi connectivity index (χ0n) is 18.0. The van der Waals surface area contributed by atoms with E-state index in [2.05, 4.69) is 5.32 Å². The van der Waals surface area contributed by atoms with Crippen molar-refractivity contribution in [3.63, 3.8) is 0 Å². The van der Waals surface area contributed by atoms with Crippen LogP contribution in [0.25, 0.3) is 0 Å². The standard InChI is InChI=1S/C23H28Cl2N2O3/c1-15(22(29)26-23(2,3)4)27(14-16-9-11-17(30-5)12-10-16)21(28)13-18-19(24)7-6-8-20(18)25/h6-12,15H,13-14H2,1-5H3,(H,26,29). The highest BCUT2D eigenvalue weighted by atomic mass is 35.5. The van der Waals surface area contributed by atoms with Gasteiger partial charge in [0.2, 0.25) is 11.8 Å². The first-order valence-electron chi connectivity index (χ1n) is 9.69. The van der Waals surface area contributed by atoms with Gasteiger partial charge in [-0.1, -0.05) is 41.4 Å². The van der Waals surface area contributed by atoms with Crippen molar-refractivity contribution < 1.29 is 14.3 Å². The summed E-state index contributed by atoms with van der Waals surface area (Å²) in [7, 11) is 1.59. The molecule has 1 atom stereocenters. The van der Waals surface area contributed by atoms with Crippen molar-refractivity contribution in [3.05, 3.63) is 63.6 Å². The van der Waals surface area contributed by atoms with Crippen molar-refractivity contribution in [1.29, 1.82) is 0 Å². The van der Waals surface area contributed by atoms with E-state index in [0.29, 0.717) is 15.6 Å². The van der Waals surface area contributed by atoms with Crippen LogP contribution in [0.1, 0.15) is 38.8 Å². The first-order valence-corrected chi connectivity index (χ1v) is 10.4. The van der Waals surface area contributed by atoms with Crippen LogP contribution in [0.4, 0.5) is 0 Å². The molecule has 0 aliphatic heterocycles. The SMILES string of the molecule is COc1ccc(CN(C(=O)Cc2c(Cl)cccc2Cl)C(C)C(=O)NC(C)(C)C)cc1. The Bertz CT molecular complexity index is 872. The summed E-state index contributed by atoms with van der Waals surface area (Å²) >= 11 is 12.5. The number of ether oxygens (including phenoxy) is 1. The second kappa shape index (κ2) is 10.2. The Labute approximate surface area is 188 Å². The molecule has 0 bridgehead atoms. The number of halogens is 2. The van der Waals surface area contributed by atoms with Crippen LogP contribution in [0.15, 0.2) is 42.5 Å². The Morgan fingerprint density at radius 2 is 1.63 bits per heavy atom. The molecule has 30 heavy (non-hydrogen) atoms. The van der Waals surface area contributed by atoms with Crippen molar-refractivity contribution in [1.82, 2.24) is 10.2 Å². The number of hydrogen-bond donors (Lipinski definition) is 1. The normalized spacial score (nSPS) is 12.2. The average molecular weight is 451 g/mol. The smallest absolute Gasteiger partial charge is 0.242 e. The van der Waals surface area contributed by atoms with E-state index < -0.39 is 11.6 Å². The molecule has 7 heteroatoms. The topological polar surface area (TPSA) is 58.6 Å². The van der Waals surface area contributed by atoms with Gasteiger partial charge in [-0.05, 0) is 63.1 Å². The van der Waals surface area contributed by atoms with E-state index in [0.717, 1.165) is 11.3 Å². The van der Waals surface area contributed by atoms with Gasteiger partial charge >= 0.3 is 0 Å². The van der Waals surface area contributed by atoms with Crippen molar-refractivity contribution in [2.75, 3.05) is 7.11 Å². The van der Waals surface area contributed by atoms with Crippen molar-refractivity contribution in [2.24, 2.45) is 0 Å². The highest BCUT2D eigenvalue weighted by Crippen LogP contribution is 2.26. The van der Waals surface area contributed by atoms with E-state index in [9.17, 15) is 9.59 Å². The molecular formula is C23H28Cl2N2O3. The van der Waals surface area contributed by atoms with Crippen LogP contribution in [0.2, 0.25) is 10.0 Å². The van der Waals surface area contributed by atoms with Crippen LogP contribution >= 0.6 is 23.2 Å². The Morgan fingerprint density at radius 1 is 1.07 bits per heavy atom. The van der Waals surface area contributed by atoms with E-state index in [-0.39, 0.29) is 24.8 Å². The number of benzene rings is 2. The van der Waals surface area contributed by atoms with Gasteiger partial charge < -0.3 is 15.0 Å². The lowest BCUT2D eigenvalue weighted by atomic mass is 10.1. The van der Waals surface area contributed by atoms with Crippen molar-refractivity contribution in [3.8, 4) is 5.75 Å². The largest absolute Gasteiger partial charge is 0.497 e. The molecule has 0 radical (unpaired) electrons. The molecule has 162 valence electrons. The number of nitrogens with zero attached hydrogens (tertiary/aromatic N) is 1. The van der Waals surface area contributed by atoms with E-state index in [1.165, 1.54) is 0 Å². The summed E-state index contributed by atoms with van der Waals surface area (Å²) in [6.07, 6.45) is 0.00178. The van der Waals surface area contributed by atoms with Gasteiger partial charge in [-0.2, -0.15) is 0 Å². The minimum atomic E-state index is -0.680. The summed E-state index contributed by atoms with van der Waals surface area (Å²) in [5.41, 5.74) is 1.02. The number of rotatable bonds is 7. The van der Waals surface area contributed by atoms with Crippen LogP contribution in [0, 0.1) is 0 Å². The summed E-state index contributed by atoms with van der Waals surface area (Å²) in [6.45, 7) is 7.69. The summed E-state index contributed by atoms with van der Waals surface area (Å²) in [5.74, 6) is 0.255. The lowest BCUT2D eigenvalue weighted by Gasteiger charge is -2.31. The van der Waals surface area contributed by atoms with E-state index >= 15 is 0 Å². The first kappa shape index (κ1) is 24.0. The molecular weight excluding hydrogens is 423 g/mol. The number of hydrogen-bond acceptors (Lipinski definition) is 3. The number of amides is 2. The maximum Gasteiger partial charge on any atom is 0.242 e. The van der Waals surface area contributed by atoms with E-state index in [1.807, 2.05) is 45.0 Å². The maximum absolute atomic E-state index is 13.3. The molecule has 0 aliphatic carbocycles. The Balaban J connectivity index is 2.31. The molecule has 0 spiro atoms. The average Bonchev–Trinajstić information content (AvgIpc) is 2.67. The Morgan fingerprint density at radius 3 is 2.13 bits per heavy atom. The van der Waals surface area contributed by atoms with Gasteiger partial charge in [-0.3, -0.25) is 9.59 Å². The van der Waals surface area contributed by atoms with Crippen LogP contribution in [0.3, 0.4) is 0 Å². The van der Waals surface area contributed by atoms with Crippen molar-refractivity contribution >= 4 is 35.0 Å². The Kier molecular flexibility index (Phi) is 8.16. The molecule has 0 fully saturated rings. The monoisotopic (exact) mass is 450 g/mol. The van der Waals surface area contributed by atoms with Crippen molar-refractivity contribution in [2.45, 2.75) is 52.2 Å². The number of methoxy groups -OCH3 is 1.